The highest BCUT2D eigenvalue weighted by Crippen LogP contribution is 2.33. The van der Waals surface area contributed by atoms with Crippen LogP contribution in [-0.4, -0.2) is 7.05 Å². The Labute approximate surface area is 80.7 Å². The quantitative estimate of drug-likeness (QED) is 0.732. The molecule has 1 atom stereocenters. The molecule has 1 aromatic carbocycles. The fourth-order valence-corrected chi connectivity index (χ4v) is 1.95. The third-order valence-corrected chi connectivity index (χ3v) is 2.70. The van der Waals surface area contributed by atoms with Crippen molar-refractivity contribution < 1.29 is 0 Å². The zero-order valence-corrected chi connectivity index (χ0v) is 8.72. The minimum absolute atomic E-state index is 0.429. The van der Waals surface area contributed by atoms with E-state index in [1.54, 1.807) is 0 Å². The van der Waals surface area contributed by atoms with E-state index in [9.17, 15) is 0 Å². The fraction of sp³-hybridized carbons (Fsp3) is 0.333. The third-order valence-electron chi connectivity index (χ3n) is 2.21. The number of hydrazine groups is 1. The van der Waals surface area contributed by atoms with Crippen LogP contribution in [0.15, 0.2) is 22.7 Å². The lowest BCUT2D eigenvalue weighted by Crippen LogP contribution is -2.28. The van der Waals surface area contributed by atoms with Gasteiger partial charge in [0, 0.05) is 11.5 Å². The van der Waals surface area contributed by atoms with E-state index in [0.717, 1.165) is 4.47 Å². The molecule has 1 aliphatic rings. The predicted octanol–water partition coefficient (Wildman–Crippen LogP) is 2.46. The van der Waals surface area contributed by atoms with Crippen molar-refractivity contribution in [3.05, 3.63) is 28.2 Å². The van der Waals surface area contributed by atoms with Crippen LogP contribution in [-0.2, 0) is 0 Å². The summed E-state index contributed by atoms with van der Waals surface area (Å²) in [5, 5.41) is 2.06. The molecule has 64 valence electrons. The molecule has 3 heteroatoms. The molecule has 1 aromatic rings. The monoisotopic (exact) mass is 226 g/mol. The molecular weight excluding hydrogens is 216 g/mol. The first-order valence-corrected chi connectivity index (χ1v) is 4.77. The van der Waals surface area contributed by atoms with Crippen molar-refractivity contribution >= 4 is 21.6 Å². The summed E-state index contributed by atoms with van der Waals surface area (Å²) < 4.78 is 1.13. The van der Waals surface area contributed by atoms with Gasteiger partial charge in [-0.05, 0) is 24.6 Å². The van der Waals surface area contributed by atoms with Crippen LogP contribution in [0.2, 0.25) is 0 Å². The smallest absolute Gasteiger partial charge is 0.0576 e. The van der Waals surface area contributed by atoms with Crippen LogP contribution in [0, 0.1) is 0 Å². The van der Waals surface area contributed by atoms with Crippen LogP contribution in [0.1, 0.15) is 18.5 Å². The zero-order valence-electron chi connectivity index (χ0n) is 7.13. The first kappa shape index (κ1) is 8.08. The molecule has 1 unspecified atom stereocenters. The summed E-state index contributed by atoms with van der Waals surface area (Å²) in [5.41, 5.74) is 5.94. The third kappa shape index (κ3) is 1.13. The first-order valence-electron chi connectivity index (χ1n) is 3.98. The number of fused-ring (bicyclic) bond motifs is 1. The Bertz CT molecular complexity index is 311. The Balaban J connectivity index is 2.53. The summed E-state index contributed by atoms with van der Waals surface area (Å²) in [6.07, 6.45) is 0. The van der Waals surface area contributed by atoms with Crippen LogP contribution in [0.4, 0.5) is 5.69 Å². The van der Waals surface area contributed by atoms with Gasteiger partial charge in [0.2, 0.25) is 0 Å². The van der Waals surface area contributed by atoms with Crippen LogP contribution < -0.4 is 10.4 Å². The van der Waals surface area contributed by atoms with Crippen LogP contribution in [0.5, 0.6) is 0 Å². The number of anilines is 1. The lowest BCUT2D eigenvalue weighted by molar-refractivity contribution is 0.616. The molecule has 0 spiro atoms. The summed E-state index contributed by atoms with van der Waals surface area (Å²) in [5.74, 6) is 0. The van der Waals surface area contributed by atoms with Gasteiger partial charge in [-0.1, -0.05) is 22.0 Å². The summed E-state index contributed by atoms with van der Waals surface area (Å²) in [7, 11) is 2.04. The topological polar surface area (TPSA) is 15.3 Å². The van der Waals surface area contributed by atoms with Gasteiger partial charge in [0.15, 0.2) is 0 Å². The highest BCUT2D eigenvalue weighted by atomic mass is 79.9. The summed E-state index contributed by atoms with van der Waals surface area (Å²) in [6.45, 7) is 2.16. The normalized spacial score (nSPS) is 21.2. The highest BCUT2D eigenvalue weighted by Gasteiger charge is 2.21. The van der Waals surface area contributed by atoms with E-state index in [-0.39, 0.29) is 0 Å². The largest absolute Gasteiger partial charge is 0.311 e. The maximum Gasteiger partial charge on any atom is 0.0576 e. The van der Waals surface area contributed by atoms with Gasteiger partial charge >= 0.3 is 0 Å². The number of benzene rings is 1. The van der Waals surface area contributed by atoms with Crippen molar-refractivity contribution in [3.8, 4) is 0 Å². The Kier molecular flexibility index (Phi) is 1.85. The lowest BCUT2D eigenvalue weighted by atomic mass is 10.1. The second-order valence-electron chi connectivity index (χ2n) is 3.11. The number of nitrogens with zero attached hydrogens (tertiary/aromatic N) is 1. The maximum atomic E-state index is 3.46. The molecule has 0 aromatic heterocycles. The second-order valence-corrected chi connectivity index (χ2v) is 4.03. The molecule has 2 nitrogen and oxygen atoms in total. The van der Waals surface area contributed by atoms with Gasteiger partial charge in [-0.25, -0.2) is 5.43 Å². The van der Waals surface area contributed by atoms with Crippen molar-refractivity contribution in [3.63, 3.8) is 0 Å². The Hall–Kier alpha value is -0.540. The molecule has 0 radical (unpaired) electrons. The minimum atomic E-state index is 0.429. The van der Waals surface area contributed by atoms with Gasteiger partial charge in [-0.2, -0.15) is 0 Å². The Morgan fingerprint density at radius 1 is 1.50 bits per heavy atom. The van der Waals surface area contributed by atoms with Crippen LogP contribution in [0.3, 0.4) is 0 Å². The van der Waals surface area contributed by atoms with E-state index < -0.39 is 0 Å². The molecule has 0 aliphatic carbocycles. The van der Waals surface area contributed by atoms with E-state index in [1.807, 2.05) is 7.05 Å². The van der Waals surface area contributed by atoms with Gasteiger partial charge < -0.3 is 5.01 Å². The fourth-order valence-electron chi connectivity index (χ4n) is 1.60. The molecule has 12 heavy (non-hydrogen) atoms. The Morgan fingerprint density at radius 3 is 3.00 bits per heavy atom. The molecule has 0 fully saturated rings. The highest BCUT2D eigenvalue weighted by molar-refractivity contribution is 9.10. The molecule has 0 saturated heterocycles. The van der Waals surface area contributed by atoms with E-state index in [2.05, 4.69) is 51.5 Å². The van der Waals surface area contributed by atoms with Crippen molar-refractivity contribution in [1.29, 1.82) is 0 Å². The first-order chi connectivity index (χ1) is 5.68. The molecular formula is C9H11BrN2. The lowest BCUT2D eigenvalue weighted by Gasteiger charge is -2.12. The van der Waals surface area contributed by atoms with Gasteiger partial charge in [-0.3, -0.25) is 0 Å². The number of rotatable bonds is 0. The van der Waals surface area contributed by atoms with Crippen LogP contribution in [0.25, 0.3) is 0 Å². The second kappa shape index (κ2) is 2.75. The summed E-state index contributed by atoms with van der Waals surface area (Å²) in [4.78, 5) is 0. The zero-order chi connectivity index (χ0) is 8.72. The molecule has 0 amide bonds. The number of nitrogens with one attached hydrogen (secondary N) is 1. The average molecular weight is 227 g/mol. The van der Waals surface area contributed by atoms with Gasteiger partial charge in [0.25, 0.3) is 0 Å². The predicted molar refractivity (Wildman–Crippen MR) is 54.1 cm³/mol. The number of hydrogen-bond donors (Lipinski definition) is 1. The number of hydrogen-bond acceptors (Lipinski definition) is 2. The standard InChI is InChI=1S/C9H11BrN2/c1-6-8-4-3-7(10)5-9(8)12(2)11-6/h3-6,11H,1-2H3. The number of halogens is 1. The van der Waals surface area contributed by atoms with Crippen molar-refractivity contribution in [2.45, 2.75) is 13.0 Å². The van der Waals surface area contributed by atoms with Gasteiger partial charge in [-0.15, -0.1) is 0 Å². The van der Waals surface area contributed by atoms with Gasteiger partial charge in [0.05, 0.1) is 11.7 Å². The maximum absolute atomic E-state index is 3.46. The summed E-state index contributed by atoms with van der Waals surface area (Å²) >= 11 is 3.46. The van der Waals surface area contributed by atoms with E-state index in [4.69, 9.17) is 0 Å². The molecule has 1 aliphatic heterocycles. The molecule has 1 heterocycles. The van der Waals surface area contributed by atoms with Crippen molar-refractivity contribution in [2.75, 3.05) is 12.1 Å². The van der Waals surface area contributed by atoms with Crippen molar-refractivity contribution in [1.82, 2.24) is 5.43 Å². The van der Waals surface area contributed by atoms with Crippen LogP contribution >= 0.6 is 15.9 Å². The van der Waals surface area contributed by atoms with Gasteiger partial charge in [0.1, 0.15) is 0 Å². The molecule has 0 saturated carbocycles. The molecule has 0 bridgehead atoms. The minimum Gasteiger partial charge on any atom is -0.311 e. The van der Waals surface area contributed by atoms with Crippen molar-refractivity contribution in [2.24, 2.45) is 0 Å². The van der Waals surface area contributed by atoms with E-state index >= 15 is 0 Å². The van der Waals surface area contributed by atoms with E-state index in [1.165, 1.54) is 11.3 Å². The SMILES string of the molecule is CC1NN(C)c2cc(Br)ccc21. The van der Waals surface area contributed by atoms with E-state index in [0.29, 0.717) is 6.04 Å². The average Bonchev–Trinajstić information content (AvgIpc) is 2.28. The molecule has 2 rings (SSSR count). The summed E-state index contributed by atoms with van der Waals surface area (Å²) in [6, 6.07) is 6.79. The molecule has 1 N–H and O–H groups in total. The Morgan fingerprint density at radius 2 is 2.25 bits per heavy atom.